The molecule has 0 saturated carbocycles. The largest absolute Gasteiger partial charge is 0.370 e. The highest BCUT2D eigenvalue weighted by Crippen LogP contribution is 2.23. The molecule has 2 aromatic rings. The topological polar surface area (TPSA) is 49.8 Å². The summed E-state index contributed by atoms with van der Waals surface area (Å²) in [6.07, 6.45) is 3.05. The fourth-order valence-corrected chi connectivity index (χ4v) is 2.31. The van der Waals surface area contributed by atoms with Crippen molar-refractivity contribution in [3.63, 3.8) is 0 Å². The predicted molar refractivity (Wildman–Crippen MR) is 91.8 cm³/mol. The van der Waals surface area contributed by atoms with Gasteiger partial charge in [0.1, 0.15) is 11.6 Å². The summed E-state index contributed by atoms with van der Waals surface area (Å²) in [7, 11) is 0. The van der Waals surface area contributed by atoms with Crippen LogP contribution in [0.3, 0.4) is 0 Å². The molecule has 0 saturated heterocycles. The Morgan fingerprint density at radius 3 is 2.57 bits per heavy atom. The first kappa shape index (κ1) is 15.6. The number of thioether (sulfide) groups is 1. The minimum Gasteiger partial charge on any atom is -0.370 e. The molecule has 2 N–H and O–H groups in total. The van der Waals surface area contributed by atoms with Gasteiger partial charge in [0, 0.05) is 18.3 Å². The van der Waals surface area contributed by atoms with Crippen LogP contribution in [0.15, 0.2) is 29.4 Å². The van der Waals surface area contributed by atoms with E-state index < -0.39 is 0 Å². The van der Waals surface area contributed by atoms with Crippen molar-refractivity contribution in [3.05, 3.63) is 35.4 Å². The molecular weight excluding hydrogens is 280 g/mol. The van der Waals surface area contributed by atoms with Crippen molar-refractivity contribution >= 4 is 29.1 Å². The van der Waals surface area contributed by atoms with Crippen molar-refractivity contribution in [2.45, 2.75) is 32.3 Å². The maximum absolute atomic E-state index is 4.53. The molecular formula is C16H22N4S. The number of rotatable bonds is 6. The number of nitrogens with zero attached hydrogens (tertiary/aromatic N) is 2. The van der Waals surface area contributed by atoms with Gasteiger partial charge in [-0.1, -0.05) is 30.8 Å². The van der Waals surface area contributed by atoms with Gasteiger partial charge in [-0.2, -0.15) is 0 Å². The molecule has 112 valence electrons. The van der Waals surface area contributed by atoms with Crippen LogP contribution in [0, 0.1) is 13.8 Å². The van der Waals surface area contributed by atoms with Gasteiger partial charge < -0.3 is 10.6 Å². The average molecular weight is 302 g/mol. The molecule has 5 heteroatoms. The Labute approximate surface area is 130 Å². The van der Waals surface area contributed by atoms with Crippen molar-refractivity contribution in [1.29, 1.82) is 0 Å². The zero-order chi connectivity index (χ0) is 15.2. The van der Waals surface area contributed by atoms with Gasteiger partial charge in [-0.25, -0.2) is 9.97 Å². The lowest BCUT2D eigenvalue weighted by molar-refractivity contribution is 0.929. The zero-order valence-electron chi connectivity index (χ0n) is 13.0. The van der Waals surface area contributed by atoms with Crippen LogP contribution >= 0.6 is 11.8 Å². The lowest BCUT2D eigenvalue weighted by Gasteiger charge is -2.12. The second kappa shape index (κ2) is 7.31. The zero-order valence-corrected chi connectivity index (χ0v) is 13.8. The molecule has 2 rings (SSSR count). The molecule has 0 fully saturated rings. The smallest absolute Gasteiger partial charge is 0.191 e. The van der Waals surface area contributed by atoms with Gasteiger partial charge >= 0.3 is 0 Å². The molecule has 1 aromatic heterocycles. The van der Waals surface area contributed by atoms with E-state index in [0.29, 0.717) is 0 Å². The Bertz CT molecular complexity index is 613. The van der Waals surface area contributed by atoms with E-state index in [0.717, 1.165) is 35.4 Å². The van der Waals surface area contributed by atoms with Gasteiger partial charge in [0.15, 0.2) is 5.16 Å². The number of hydrogen-bond donors (Lipinski definition) is 2. The minimum atomic E-state index is 0.768. The summed E-state index contributed by atoms with van der Waals surface area (Å²) in [4.78, 5) is 9.00. The Kier molecular flexibility index (Phi) is 5.44. The molecule has 0 aliphatic heterocycles. The third-order valence-electron chi connectivity index (χ3n) is 3.10. The number of benzene rings is 1. The second-order valence-electron chi connectivity index (χ2n) is 5.00. The van der Waals surface area contributed by atoms with Gasteiger partial charge in [0.05, 0.1) is 0 Å². The number of anilines is 3. The van der Waals surface area contributed by atoms with Gasteiger partial charge in [0.2, 0.25) is 0 Å². The van der Waals surface area contributed by atoms with Crippen molar-refractivity contribution in [3.8, 4) is 0 Å². The first-order valence-corrected chi connectivity index (χ1v) is 8.36. The van der Waals surface area contributed by atoms with E-state index in [-0.39, 0.29) is 0 Å². The fraction of sp³-hybridized carbons (Fsp3) is 0.375. The summed E-state index contributed by atoms with van der Waals surface area (Å²) in [5.74, 6) is 1.69. The van der Waals surface area contributed by atoms with E-state index in [9.17, 15) is 0 Å². The monoisotopic (exact) mass is 302 g/mol. The normalized spacial score (nSPS) is 10.5. The van der Waals surface area contributed by atoms with Gasteiger partial charge in [-0.3, -0.25) is 0 Å². The third-order valence-corrected chi connectivity index (χ3v) is 3.65. The van der Waals surface area contributed by atoms with Crippen LogP contribution in [0.2, 0.25) is 0 Å². The van der Waals surface area contributed by atoms with Gasteiger partial charge in [0.25, 0.3) is 0 Å². The lowest BCUT2D eigenvalue weighted by Crippen LogP contribution is -2.05. The van der Waals surface area contributed by atoms with E-state index in [1.165, 1.54) is 11.1 Å². The molecule has 0 radical (unpaired) electrons. The van der Waals surface area contributed by atoms with Crippen molar-refractivity contribution < 1.29 is 0 Å². The summed E-state index contributed by atoms with van der Waals surface area (Å²) >= 11 is 1.55. The average Bonchev–Trinajstić information content (AvgIpc) is 2.48. The van der Waals surface area contributed by atoms with Crippen molar-refractivity contribution in [1.82, 2.24) is 9.97 Å². The second-order valence-corrected chi connectivity index (χ2v) is 5.77. The summed E-state index contributed by atoms with van der Waals surface area (Å²) < 4.78 is 0. The molecule has 0 atom stereocenters. The Morgan fingerprint density at radius 1 is 1.10 bits per heavy atom. The molecule has 0 aliphatic carbocycles. The molecule has 0 unspecified atom stereocenters. The molecule has 0 spiro atoms. The van der Waals surface area contributed by atoms with E-state index >= 15 is 0 Å². The van der Waals surface area contributed by atoms with Gasteiger partial charge in [-0.05, 0) is 43.7 Å². The van der Waals surface area contributed by atoms with Crippen LogP contribution in [0.4, 0.5) is 17.3 Å². The first-order valence-electron chi connectivity index (χ1n) is 7.13. The minimum absolute atomic E-state index is 0.768. The summed E-state index contributed by atoms with van der Waals surface area (Å²) in [6, 6.07) is 8.32. The standard InChI is InChI=1S/C16H22N4S/c1-5-8-17-14-10-15(20-16(19-14)21-4)18-13-9-11(2)6-7-12(13)3/h6-7,9-10H,5,8H2,1-4H3,(H2,17,18,19,20). The Morgan fingerprint density at radius 2 is 1.86 bits per heavy atom. The highest BCUT2D eigenvalue weighted by Gasteiger charge is 2.06. The first-order chi connectivity index (χ1) is 10.1. The predicted octanol–water partition coefficient (Wildman–Crippen LogP) is 4.38. The summed E-state index contributed by atoms with van der Waals surface area (Å²) in [6.45, 7) is 7.23. The van der Waals surface area contributed by atoms with E-state index in [1.807, 2.05) is 12.3 Å². The van der Waals surface area contributed by atoms with Crippen LogP contribution in [0.5, 0.6) is 0 Å². The van der Waals surface area contributed by atoms with E-state index in [4.69, 9.17) is 0 Å². The Balaban J connectivity index is 2.27. The van der Waals surface area contributed by atoms with Crippen LogP contribution in [-0.4, -0.2) is 22.8 Å². The quantitative estimate of drug-likeness (QED) is 0.612. The van der Waals surface area contributed by atoms with Crippen LogP contribution in [0.25, 0.3) is 0 Å². The molecule has 4 nitrogen and oxygen atoms in total. The highest BCUT2D eigenvalue weighted by molar-refractivity contribution is 7.98. The molecule has 1 aromatic carbocycles. The SMILES string of the molecule is CCCNc1cc(Nc2cc(C)ccc2C)nc(SC)n1. The Hall–Kier alpha value is -1.75. The van der Waals surface area contributed by atoms with Crippen molar-refractivity contribution in [2.75, 3.05) is 23.4 Å². The highest BCUT2D eigenvalue weighted by atomic mass is 32.2. The lowest BCUT2D eigenvalue weighted by atomic mass is 10.1. The molecule has 0 bridgehead atoms. The maximum Gasteiger partial charge on any atom is 0.191 e. The molecule has 1 heterocycles. The summed E-state index contributed by atoms with van der Waals surface area (Å²) in [5.41, 5.74) is 3.52. The number of aromatic nitrogens is 2. The third kappa shape index (κ3) is 4.36. The fourth-order valence-electron chi connectivity index (χ4n) is 1.93. The molecule has 0 amide bonds. The summed E-state index contributed by atoms with van der Waals surface area (Å²) in [5, 5.41) is 7.48. The van der Waals surface area contributed by atoms with Crippen LogP contribution in [0.1, 0.15) is 24.5 Å². The van der Waals surface area contributed by atoms with Crippen LogP contribution < -0.4 is 10.6 Å². The van der Waals surface area contributed by atoms with E-state index in [2.05, 4.69) is 59.6 Å². The van der Waals surface area contributed by atoms with Gasteiger partial charge in [-0.15, -0.1) is 0 Å². The van der Waals surface area contributed by atoms with Crippen molar-refractivity contribution in [2.24, 2.45) is 0 Å². The molecule has 21 heavy (non-hydrogen) atoms. The number of aryl methyl sites for hydroxylation is 2. The number of hydrogen-bond acceptors (Lipinski definition) is 5. The maximum atomic E-state index is 4.53. The van der Waals surface area contributed by atoms with Crippen LogP contribution in [-0.2, 0) is 0 Å². The molecule has 0 aliphatic rings. The number of nitrogens with one attached hydrogen (secondary N) is 2. The van der Waals surface area contributed by atoms with E-state index in [1.54, 1.807) is 11.8 Å².